The molecular weight excluding hydrogens is 296 g/mol. The van der Waals surface area contributed by atoms with Gasteiger partial charge in [0.1, 0.15) is 6.10 Å². The Morgan fingerprint density at radius 1 is 1.17 bits per heavy atom. The molecule has 7 atom stereocenters. The van der Waals surface area contributed by atoms with Crippen LogP contribution in [0.2, 0.25) is 0 Å². The highest BCUT2D eigenvalue weighted by Crippen LogP contribution is 2.64. The molecule has 4 aliphatic rings. The molecule has 134 valence electrons. The number of fused-ring (bicyclic) bond motifs is 5. The molecule has 3 saturated carbocycles. The normalized spacial score (nSPS) is 50.3. The number of ether oxygens (including phenoxy) is 1. The van der Waals surface area contributed by atoms with Crippen LogP contribution in [0.15, 0.2) is 11.6 Å². The van der Waals surface area contributed by atoms with E-state index in [2.05, 4.69) is 26.8 Å². The molecule has 0 radical (unpaired) electrons. The molecule has 3 fully saturated rings. The summed E-state index contributed by atoms with van der Waals surface area (Å²) < 4.78 is 5.74. The highest BCUT2D eigenvalue weighted by atomic mass is 16.5. The largest absolute Gasteiger partial charge is 0.462 e. The Balaban J connectivity index is 1.64. The van der Waals surface area contributed by atoms with E-state index in [-0.39, 0.29) is 17.5 Å². The van der Waals surface area contributed by atoms with E-state index < -0.39 is 0 Å². The lowest BCUT2D eigenvalue weighted by atomic mass is 9.48. The van der Waals surface area contributed by atoms with Crippen molar-refractivity contribution in [2.45, 2.75) is 85.2 Å². The lowest BCUT2D eigenvalue weighted by molar-refractivity contribution is -0.153. The number of allylic oxidation sites excluding steroid dienone is 2. The summed E-state index contributed by atoms with van der Waals surface area (Å²) >= 11 is 0. The second kappa shape index (κ2) is 5.61. The fraction of sp³-hybridized carbons (Fsp3) is 0.864. The Kier molecular flexibility index (Phi) is 3.89. The molecule has 0 aromatic rings. The molecule has 0 N–H and O–H groups in total. The van der Waals surface area contributed by atoms with Crippen LogP contribution in [-0.2, 0) is 9.53 Å². The van der Waals surface area contributed by atoms with Crippen LogP contribution in [-0.4, -0.2) is 12.1 Å². The van der Waals surface area contributed by atoms with Gasteiger partial charge in [0.05, 0.1) is 0 Å². The minimum Gasteiger partial charge on any atom is -0.462 e. The van der Waals surface area contributed by atoms with Gasteiger partial charge in [0.15, 0.2) is 0 Å². The molecule has 0 bridgehead atoms. The van der Waals surface area contributed by atoms with E-state index >= 15 is 0 Å². The number of esters is 1. The van der Waals surface area contributed by atoms with Crippen molar-refractivity contribution in [3.8, 4) is 0 Å². The predicted octanol–water partition coefficient (Wildman–Crippen LogP) is 5.52. The number of rotatable bonds is 1. The van der Waals surface area contributed by atoms with Gasteiger partial charge >= 0.3 is 5.97 Å². The molecule has 0 aliphatic heterocycles. The zero-order valence-corrected chi connectivity index (χ0v) is 15.9. The maximum absolute atomic E-state index is 11.5. The standard InChI is InChI=1S/C22H34O2/c1-14-9-11-21(3)16(13-14)5-6-17-18-7-8-20(24-15(2)23)22(18,4)12-10-19(17)21/h10,14,16-18,20H,5-9,11-13H2,1-4H3/t14-,16-,17?,18?,20+,21+,22+/m1/s1. The van der Waals surface area contributed by atoms with Crippen molar-refractivity contribution >= 4 is 5.97 Å². The summed E-state index contributed by atoms with van der Waals surface area (Å²) in [5.74, 6) is 3.18. The molecule has 0 aromatic heterocycles. The van der Waals surface area contributed by atoms with Crippen LogP contribution in [0, 0.1) is 34.5 Å². The summed E-state index contributed by atoms with van der Waals surface area (Å²) in [6.07, 6.45) is 13.1. The van der Waals surface area contributed by atoms with Crippen LogP contribution in [0.4, 0.5) is 0 Å². The van der Waals surface area contributed by atoms with Crippen LogP contribution in [0.25, 0.3) is 0 Å². The Bertz CT molecular complexity index is 564. The summed E-state index contributed by atoms with van der Waals surface area (Å²) in [5.41, 5.74) is 2.43. The van der Waals surface area contributed by atoms with E-state index in [1.807, 2.05) is 0 Å². The van der Waals surface area contributed by atoms with Gasteiger partial charge in [-0.25, -0.2) is 0 Å². The quantitative estimate of drug-likeness (QED) is 0.467. The lowest BCUT2D eigenvalue weighted by Crippen LogP contribution is -2.48. The number of carbonyl (C=O) groups is 1. The van der Waals surface area contributed by atoms with Crippen molar-refractivity contribution in [2.75, 3.05) is 0 Å². The van der Waals surface area contributed by atoms with Crippen LogP contribution in [0.5, 0.6) is 0 Å². The maximum atomic E-state index is 11.5. The molecule has 0 amide bonds. The van der Waals surface area contributed by atoms with E-state index in [1.165, 1.54) is 38.5 Å². The zero-order valence-electron chi connectivity index (χ0n) is 15.9. The predicted molar refractivity (Wildman–Crippen MR) is 96.4 cm³/mol. The molecule has 24 heavy (non-hydrogen) atoms. The maximum Gasteiger partial charge on any atom is 0.302 e. The van der Waals surface area contributed by atoms with Gasteiger partial charge in [-0.2, -0.15) is 0 Å². The summed E-state index contributed by atoms with van der Waals surface area (Å²) in [6.45, 7) is 8.97. The van der Waals surface area contributed by atoms with Gasteiger partial charge in [0, 0.05) is 12.3 Å². The van der Waals surface area contributed by atoms with Gasteiger partial charge in [-0.05, 0) is 80.5 Å². The fourth-order valence-electron chi connectivity index (χ4n) is 7.09. The van der Waals surface area contributed by atoms with Crippen molar-refractivity contribution in [3.63, 3.8) is 0 Å². The minimum atomic E-state index is -0.103. The molecule has 0 spiro atoms. The zero-order chi connectivity index (χ0) is 17.1. The van der Waals surface area contributed by atoms with Crippen LogP contribution in [0.1, 0.15) is 79.1 Å². The van der Waals surface area contributed by atoms with E-state index in [4.69, 9.17) is 4.74 Å². The van der Waals surface area contributed by atoms with Crippen molar-refractivity contribution in [2.24, 2.45) is 34.5 Å². The third-order valence-corrected chi connectivity index (χ3v) is 8.51. The monoisotopic (exact) mass is 330 g/mol. The summed E-state index contributed by atoms with van der Waals surface area (Å²) in [7, 11) is 0. The Hall–Kier alpha value is -0.790. The van der Waals surface area contributed by atoms with Gasteiger partial charge in [0.2, 0.25) is 0 Å². The Labute approximate surface area is 147 Å². The van der Waals surface area contributed by atoms with Crippen LogP contribution < -0.4 is 0 Å². The van der Waals surface area contributed by atoms with E-state index in [1.54, 1.807) is 12.5 Å². The first kappa shape index (κ1) is 16.7. The minimum absolute atomic E-state index is 0.103. The fourth-order valence-corrected chi connectivity index (χ4v) is 7.09. The highest BCUT2D eigenvalue weighted by Gasteiger charge is 2.57. The first-order chi connectivity index (χ1) is 11.3. The highest BCUT2D eigenvalue weighted by molar-refractivity contribution is 5.66. The molecule has 2 unspecified atom stereocenters. The molecule has 0 saturated heterocycles. The summed E-state index contributed by atoms with van der Waals surface area (Å²) in [6, 6.07) is 0. The molecule has 0 aromatic carbocycles. The van der Waals surface area contributed by atoms with Crippen LogP contribution in [0.3, 0.4) is 0 Å². The third kappa shape index (κ3) is 2.31. The van der Waals surface area contributed by atoms with Gasteiger partial charge in [-0.1, -0.05) is 32.4 Å². The first-order valence-corrected chi connectivity index (χ1v) is 10.2. The molecule has 4 rings (SSSR count). The molecule has 4 aliphatic carbocycles. The molecule has 2 heteroatoms. The van der Waals surface area contributed by atoms with E-state index in [0.29, 0.717) is 5.41 Å². The van der Waals surface area contributed by atoms with Gasteiger partial charge < -0.3 is 4.74 Å². The second-order valence-electron chi connectivity index (χ2n) is 9.83. The third-order valence-electron chi connectivity index (χ3n) is 8.51. The number of hydrogen-bond acceptors (Lipinski definition) is 2. The lowest BCUT2D eigenvalue weighted by Gasteiger charge is -2.56. The molecular formula is C22H34O2. The number of carbonyl (C=O) groups excluding carboxylic acids is 1. The average Bonchev–Trinajstić information content (AvgIpc) is 2.84. The van der Waals surface area contributed by atoms with Gasteiger partial charge in [0.25, 0.3) is 0 Å². The SMILES string of the molecule is CC(=O)O[C@H]1CCC2C3CC[C@@H]4C[C@H](C)CC[C@]4(C)C3=CC[C@@]21C. The molecule has 2 nitrogen and oxygen atoms in total. The second-order valence-corrected chi connectivity index (χ2v) is 9.83. The average molecular weight is 331 g/mol. The Morgan fingerprint density at radius 3 is 2.71 bits per heavy atom. The van der Waals surface area contributed by atoms with Crippen molar-refractivity contribution < 1.29 is 9.53 Å². The van der Waals surface area contributed by atoms with Gasteiger partial charge in [-0.3, -0.25) is 4.79 Å². The number of hydrogen-bond donors (Lipinski definition) is 0. The van der Waals surface area contributed by atoms with Crippen LogP contribution >= 0.6 is 0 Å². The van der Waals surface area contributed by atoms with Crippen molar-refractivity contribution in [1.29, 1.82) is 0 Å². The summed E-state index contributed by atoms with van der Waals surface area (Å²) in [5, 5.41) is 0. The topological polar surface area (TPSA) is 26.3 Å². The van der Waals surface area contributed by atoms with E-state index in [0.717, 1.165) is 36.5 Å². The molecule has 0 heterocycles. The Morgan fingerprint density at radius 2 is 1.96 bits per heavy atom. The van der Waals surface area contributed by atoms with E-state index in [9.17, 15) is 4.79 Å². The smallest absolute Gasteiger partial charge is 0.302 e. The van der Waals surface area contributed by atoms with Crippen molar-refractivity contribution in [1.82, 2.24) is 0 Å². The van der Waals surface area contributed by atoms with Gasteiger partial charge in [-0.15, -0.1) is 0 Å². The van der Waals surface area contributed by atoms with Crippen molar-refractivity contribution in [3.05, 3.63) is 11.6 Å². The summed E-state index contributed by atoms with van der Waals surface area (Å²) in [4.78, 5) is 11.5. The first-order valence-electron chi connectivity index (χ1n) is 10.2.